The monoisotopic (exact) mass is 443 g/mol. The Morgan fingerprint density at radius 3 is 2.42 bits per heavy atom. The average molecular weight is 444 g/mol. The Morgan fingerprint density at radius 1 is 1.03 bits per heavy atom. The summed E-state index contributed by atoms with van der Waals surface area (Å²) < 4.78 is 5.77. The molecule has 0 aliphatic carbocycles. The number of benzene rings is 2. The van der Waals surface area contributed by atoms with Crippen LogP contribution in [-0.4, -0.2) is 41.8 Å². The van der Waals surface area contributed by atoms with Crippen LogP contribution < -0.4 is 20.7 Å². The van der Waals surface area contributed by atoms with E-state index in [1.54, 1.807) is 42.5 Å². The SMILES string of the molecule is CC(C)CCOc1ccccc1C(=O)NC(=S)Nc1ccccc1C(=O)NCCCO. The lowest BCUT2D eigenvalue weighted by molar-refractivity contribution is 0.0949. The fraction of sp³-hybridized carbons (Fsp3) is 0.348. The second-order valence-corrected chi connectivity index (χ2v) is 7.72. The van der Waals surface area contributed by atoms with Crippen LogP contribution >= 0.6 is 12.2 Å². The maximum atomic E-state index is 12.7. The van der Waals surface area contributed by atoms with Crippen LogP contribution in [0.5, 0.6) is 5.75 Å². The number of anilines is 1. The highest BCUT2D eigenvalue weighted by atomic mass is 32.1. The summed E-state index contributed by atoms with van der Waals surface area (Å²) in [5, 5.41) is 17.2. The summed E-state index contributed by atoms with van der Waals surface area (Å²) in [7, 11) is 0. The zero-order valence-corrected chi connectivity index (χ0v) is 18.6. The van der Waals surface area contributed by atoms with Gasteiger partial charge >= 0.3 is 0 Å². The van der Waals surface area contributed by atoms with E-state index in [-0.39, 0.29) is 17.6 Å². The van der Waals surface area contributed by atoms with Crippen molar-refractivity contribution in [3.8, 4) is 5.75 Å². The molecule has 7 nitrogen and oxygen atoms in total. The number of carbonyl (C=O) groups excluding carboxylic acids is 2. The lowest BCUT2D eigenvalue weighted by Gasteiger charge is -2.15. The standard InChI is InChI=1S/C23H29N3O4S/c1-16(2)12-15-30-20-11-6-4-9-18(20)22(29)26-23(31)25-19-10-5-3-8-17(19)21(28)24-13-7-14-27/h3-6,8-11,16,27H,7,12-15H2,1-2H3,(H,24,28)(H2,25,26,29,31). The molecule has 0 aliphatic heterocycles. The summed E-state index contributed by atoms with van der Waals surface area (Å²) in [5.74, 6) is 0.294. The molecule has 0 aromatic heterocycles. The van der Waals surface area contributed by atoms with Gasteiger partial charge in [-0.25, -0.2) is 0 Å². The van der Waals surface area contributed by atoms with E-state index < -0.39 is 5.91 Å². The van der Waals surface area contributed by atoms with E-state index in [1.165, 1.54) is 0 Å². The zero-order chi connectivity index (χ0) is 22.6. The first-order chi connectivity index (χ1) is 14.9. The maximum Gasteiger partial charge on any atom is 0.261 e. The number of aliphatic hydroxyl groups is 1. The van der Waals surface area contributed by atoms with Gasteiger partial charge in [0.25, 0.3) is 11.8 Å². The molecular formula is C23H29N3O4S. The molecule has 0 saturated heterocycles. The first kappa shape index (κ1) is 24.3. The Bertz CT molecular complexity index is 902. The third kappa shape index (κ3) is 7.99. The van der Waals surface area contributed by atoms with Crippen molar-refractivity contribution in [3.63, 3.8) is 0 Å². The second-order valence-electron chi connectivity index (χ2n) is 7.31. The highest BCUT2D eigenvalue weighted by Gasteiger charge is 2.16. The highest BCUT2D eigenvalue weighted by Crippen LogP contribution is 2.19. The zero-order valence-electron chi connectivity index (χ0n) is 17.8. The number of ether oxygens (including phenoxy) is 1. The molecule has 0 aliphatic rings. The number of rotatable bonds is 10. The third-order valence-electron chi connectivity index (χ3n) is 4.35. The van der Waals surface area contributed by atoms with Crippen LogP contribution in [0.1, 0.15) is 47.4 Å². The Labute approximate surface area is 188 Å². The van der Waals surface area contributed by atoms with Crippen molar-refractivity contribution in [3.05, 3.63) is 59.7 Å². The number of aliphatic hydroxyl groups excluding tert-OH is 1. The Kier molecular flexibility index (Phi) is 9.93. The second kappa shape index (κ2) is 12.7. The summed E-state index contributed by atoms with van der Waals surface area (Å²) in [6.07, 6.45) is 1.35. The summed E-state index contributed by atoms with van der Waals surface area (Å²) >= 11 is 5.28. The molecule has 31 heavy (non-hydrogen) atoms. The fourth-order valence-electron chi connectivity index (χ4n) is 2.68. The number of hydrogen-bond donors (Lipinski definition) is 4. The van der Waals surface area contributed by atoms with Gasteiger partial charge in [-0.1, -0.05) is 38.1 Å². The normalized spacial score (nSPS) is 10.5. The summed E-state index contributed by atoms with van der Waals surface area (Å²) in [6, 6.07) is 13.8. The van der Waals surface area contributed by atoms with Crippen LogP contribution in [0.15, 0.2) is 48.5 Å². The van der Waals surface area contributed by atoms with Gasteiger partial charge in [0.05, 0.1) is 23.4 Å². The van der Waals surface area contributed by atoms with Crippen molar-refractivity contribution in [2.75, 3.05) is 25.1 Å². The van der Waals surface area contributed by atoms with E-state index in [9.17, 15) is 9.59 Å². The van der Waals surface area contributed by atoms with E-state index in [4.69, 9.17) is 22.1 Å². The molecule has 0 radical (unpaired) electrons. The molecule has 8 heteroatoms. The Morgan fingerprint density at radius 2 is 1.71 bits per heavy atom. The van der Waals surface area contributed by atoms with Gasteiger partial charge in [0.15, 0.2) is 5.11 Å². The number of amides is 2. The number of thiocarbonyl (C=S) groups is 1. The molecule has 0 heterocycles. The molecule has 166 valence electrons. The molecule has 2 amide bonds. The molecule has 2 rings (SSSR count). The molecule has 2 aromatic rings. The Balaban J connectivity index is 2.02. The molecule has 2 aromatic carbocycles. The van der Waals surface area contributed by atoms with Crippen molar-refractivity contribution in [2.24, 2.45) is 5.92 Å². The molecule has 0 fully saturated rings. The summed E-state index contributed by atoms with van der Waals surface area (Å²) in [5.41, 5.74) is 1.23. The van der Waals surface area contributed by atoms with Crippen LogP contribution in [-0.2, 0) is 0 Å². The molecule has 0 unspecified atom stereocenters. The first-order valence-corrected chi connectivity index (χ1v) is 10.7. The lowest BCUT2D eigenvalue weighted by atomic mass is 10.1. The number of carbonyl (C=O) groups is 2. The predicted molar refractivity (Wildman–Crippen MR) is 126 cm³/mol. The topological polar surface area (TPSA) is 99.7 Å². The molecule has 0 bridgehead atoms. The van der Waals surface area contributed by atoms with Gasteiger partial charge in [-0.2, -0.15) is 0 Å². The third-order valence-corrected chi connectivity index (χ3v) is 4.56. The molecular weight excluding hydrogens is 414 g/mol. The Hall–Kier alpha value is -2.97. The first-order valence-electron chi connectivity index (χ1n) is 10.2. The fourth-order valence-corrected chi connectivity index (χ4v) is 2.88. The quantitative estimate of drug-likeness (QED) is 0.332. The van der Waals surface area contributed by atoms with Gasteiger partial charge in [0, 0.05) is 13.2 Å². The van der Waals surface area contributed by atoms with Crippen molar-refractivity contribution in [1.82, 2.24) is 10.6 Å². The van der Waals surface area contributed by atoms with Gasteiger partial charge < -0.3 is 20.5 Å². The summed E-state index contributed by atoms with van der Waals surface area (Å²) in [4.78, 5) is 25.1. The highest BCUT2D eigenvalue weighted by molar-refractivity contribution is 7.80. The van der Waals surface area contributed by atoms with E-state index in [2.05, 4.69) is 29.8 Å². The van der Waals surface area contributed by atoms with Gasteiger partial charge in [0.2, 0.25) is 0 Å². The average Bonchev–Trinajstić information content (AvgIpc) is 2.74. The van der Waals surface area contributed by atoms with E-state index in [0.29, 0.717) is 48.1 Å². The molecule has 4 N–H and O–H groups in total. The number of hydrogen-bond acceptors (Lipinski definition) is 5. The van der Waals surface area contributed by atoms with Crippen LogP contribution in [0.3, 0.4) is 0 Å². The van der Waals surface area contributed by atoms with Gasteiger partial charge in [-0.3, -0.25) is 14.9 Å². The number of para-hydroxylation sites is 2. The predicted octanol–water partition coefficient (Wildman–Crippen LogP) is 3.35. The largest absolute Gasteiger partial charge is 0.493 e. The maximum absolute atomic E-state index is 12.7. The van der Waals surface area contributed by atoms with Crippen LogP contribution in [0.4, 0.5) is 5.69 Å². The van der Waals surface area contributed by atoms with Crippen molar-refractivity contribution < 1.29 is 19.4 Å². The van der Waals surface area contributed by atoms with Crippen molar-refractivity contribution >= 4 is 34.8 Å². The van der Waals surface area contributed by atoms with Crippen LogP contribution in [0.25, 0.3) is 0 Å². The van der Waals surface area contributed by atoms with Crippen molar-refractivity contribution in [1.29, 1.82) is 0 Å². The summed E-state index contributed by atoms with van der Waals surface area (Å²) in [6.45, 7) is 5.09. The van der Waals surface area contributed by atoms with E-state index in [1.807, 2.05) is 6.07 Å². The molecule has 0 spiro atoms. The van der Waals surface area contributed by atoms with E-state index in [0.717, 1.165) is 6.42 Å². The molecule has 0 saturated carbocycles. The minimum absolute atomic E-state index is 0.00104. The minimum atomic E-state index is -0.400. The van der Waals surface area contributed by atoms with Gasteiger partial charge in [0.1, 0.15) is 5.75 Å². The number of nitrogens with one attached hydrogen (secondary N) is 3. The van der Waals surface area contributed by atoms with Gasteiger partial charge in [-0.15, -0.1) is 0 Å². The van der Waals surface area contributed by atoms with Crippen LogP contribution in [0.2, 0.25) is 0 Å². The van der Waals surface area contributed by atoms with Crippen molar-refractivity contribution in [2.45, 2.75) is 26.7 Å². The lowest BCUT2D eigenvalue weighted by Crippen LogP contribution is -2.35. The van der Waals surface area contributed by atoms with Gasteiger partial charge in [-0.05, 0) is 55.2 Å². The van der Waals surface area contributed by atoms with E-state index >= 15 is 0 Å². The van der Waals surface area contributed by atoms with Crippen LogP contribution in [0, 0.1) is 5.92 Å². The smallest absolute Gasteiger partial charge is 0.261 e. The molecule has 0 atom stereocenters. The minimum Gasteiger partial charge on any atom is -0.493 e.